The lowest BCUT2D eigenvalue weighted by atomic mass is 10.1. The van der Waals surface area contributed by atoms with E-state index < -0.39 is 11.9 Å². The summed E-state index contributed by atoms with van der Waals surface area (Å²) < 4.78 is 11.2. The predicted octanol–water partition coefficient (Wildman–Crippen LogP) is 3.14. The van der Waals surface area contributed by atoms with Crippen LogP contribution < -0.4 is 14.8 Å². The lowest BCUT2D eigenvalue weighted by Crippen LogP contribution is -2.24. The molecule has 0 heterocycles. The summed E-state index contributed by atoms with van der Waals surface area (Å²) >= 11 is 0. The number of carbonyl (C=O) groups is 2. The number of hydrogen-bond donors (Lipinski definition) is 2. The molecule has 2 aromatic rings. The van der Waals surface area contributed by atoms with Crippen molar-refractivity contribution in [2.45, 2.75) is 20.5 Å². The van der Waals surface area contributed by atoms with Crippen molar-refractivity contribution in [2.24, 2.45) is 0 Å². The molecule has 0 saturated heterocycles. The summed E-state index contributed by atoms with van der Waals surface area (Å²) in [5, 5.41) is 11.5. The van der Waals surface area contributed by atoms with E-state index in [0.29, 0.717) is 23.7 Å². The summed E-state index contributed by atoms with van der Waals surface area (Å²) in [5.74, 6) is -0.661. The van der Waals surface area contributed by atoms with Gasteiger partial charge >= 0.3 is 5.97 Å². The third-order valence-electron chi connectivity index (χ3n) is 3.68. The molecular formula is C20H21NO5. The monoisotopic (exact) mass is 355 g/mol. The Hall–Kier alpha value is -3.28. The molecule has 2 N–H and O–H groups in total. The average molecular weight is 355 g/mol. The normalized spacial score (nSPS) is 11.0. The fraction of sp³-hybridized carbons (Fsp3) is 0.200. The topological polar surface area (TPSA) is 84.9 Å². The van der Waals surface area contributed by atoms with Gasteiger partial charge in [-0.3, -0.25) is 4.79 Å². The molecular weight excluding hydrogens is 334 g/mol. The van der Waals surface area contributed by atoms with E-state index in [1.54, 1.807) is 18.2 Å². The molecule has 2 rings (SSSR count). The first kappa shape index (κ1) is 19.1. The van der Waals surface area contributed by atoms with Crippen LogP contribution in [0.4, 0.5) is 0 Å². The van der Waals surface area contributed by atoms with E-state index in [-0.39, 0.29) is 5.70 Å². The number of aliphatic carboxylic acids is 1. The minimum absolute atomic E-state index is 0.215. The number of nitrogens with one attached hydrogen (secondary N) is 1. The van der Waals surface area contributed by atoms with Crippen molar-refractivity contribution < 1.29 is 24.2 Å². The first-order chi connectivity index (χ1) is 12.4. The average Bonchev–Trinajstić information content (AvgIpc) is 2.60. The Labute approximate surface area is 152 Å². The molecule has 2 aromatic carbocycles. The Morgan fingerprint density at radius 2 is 1.88 bits per heavy atom. The molecule has 0 atom stereocenters. The minimum Gasteiger partial charge on any atom is -0.493 e. The minimum atomic E-state index is -1.22. The van der Waals surface area contributed by atoms with Crippen LogP contribution in [0.3, 0.4) is 0 Å². The lowest BCUT2D eigenvalue weighted by molar-refractivity contribution is -0.134. The van der Waals surface area contributed by atoms with E-state index in [2.05, 4.69) is 5.32 Å². The second-order valence-corrected chi connectivity index (χ2v) is 5.67. The number of carboxylic acid groups (broad SMARTS) is 1. The molecule has 0 saturated carbocycles. The Morgan fingerprint density at radius 1 is 1.15 bits per heavy atom. The van der Waals surface area contributed by atoms with Gasteiger partial charge in [-0.1, -0.05) is 30.3 Å². The van der Waals surface area contributed by atoms with Crippen molar-refractivity contribution in [1.29, 1.82) is 0 Å². The Balaban J connectivity index is 2.28. The van der Waals surface area contributed by atoms with Crippen molar-refractivity contribution >= 4 is 18.0 Å². The van der Waals surface area contributed by atoms with Gasteiger partial charge in [-0.05, 0) is 41.8 Å². The number of benzene rings is 2. The van der Waals surface area contributed by atoms with Gasteiger partial charge in [-0.25, -0.2) is 4.79 Å². The third kappa shape index (κ3) is 5.11. The number of rotatable bonds is 7. The summed E-state index contributed by atoms with van der Waals surface area (Å²) in [6, 6.07) is 12.9. The molecule has 6 heteroatoms. The van der Waals surface area contributed by atoms with Gasteiger partial charge in [-0.2, -0.15) is 0 Å². The van der Waals surface area contributed by atoms with Crippen molar-refractivity contribution in [3.05, 3.63) is 64.9 Å². The molecule has 1 amide bonds. The molecule has 0 radical (unpaired) electrons. The van der Waals surface area contributed by atoms with Gasteiger partial charge in [0.2, 0.25) is 5.91 Å². The Bertz CT molecular complexity index is 842. The molecule has 6 nitrogen and oxygen atoms in total. The highest BCUT2D eigenvalue weighted by Crippen LogP contribution is 2.30. The van der Waals surface area contributed by atoms with Crippen molar-refractivity contribution in [2.75, 3.05) is 7.11 Å². The second kappa shape index (κ2) is 8.71. The number of carboxylic acids is 1. The number of methoxy groups -OCH3 is 1. The van der Waals surface area contributed by atoms with E-state index >= 15 is 0 Å². The van der Waals surface area contributed by atoms with E-state index in [1.807, 2.05) is 31.2 Å². The molecule has 0 fully saturated rings. The van der Waals surface area contributed by atoms with Gasteiger partial charge in [0.1, 0.15) is 12.3 Å². The van der Waals surface area contributed by atoms with Crippen molar-refractivity contribution in [1.82, 2.24) is 5.32 Å². The van der Waals surface area contributed by atoms with Crippen molar-refractivity contribution in [3.8, 4) is 11.5 Å². The first-order valence-corrected chi connectivity index (χ1v) is 7.98. The number of amides is 1. The highest BCUT2D eigenvalue weighted by Gasteiger charge is 2.11. The zero-order valence-corrected chi connectivity index (χ0v) is 14.9. The zero-order valence-electron chi connectivity index (χ0n) is 14.9. The molecule has 26 heavy (non-hydrogen) atoms. The third-order valence-corrected chi connectivity index (χ3v) is 3.68. The maximum atomic E-state index is 11.3. The number of carbonyl (C=O) groups excluding carboxylic acids is 1. The van der Waals surface area contributed by atoms with Crippen LogP contribution >= 0.6 is 0 Å². The number of aryl methyl sites for hydroxylation is 1. The van der Waals surface area contributed by atoms with Crippen molar-refractivity contribution in [3.63, 3.8) is 0 Å². The summed E-state index contributed by atoms with van der Waals surface area (Å²) in [5.41, 5.74) is 2.51. The van der Waals surface area contributed by atoms with Crippen LogP contribution in [0.1, 0.15) is 23.6 Å². The molecule has 0 aliphatic carbocycles. The second-order valence-electron chi connectivity index (χ2n) is 5.67. The maximum Gasteiger partial charge on any atom is 0.352 e. The highest BCUT2D eigenvalue weighted by atomic mass is 16.5. The van der Waals surface area contributed by atoms with Crippen LogP contribution in [-0.2, 0) is 16.2 Å². The van der Waals surface area contributed by atoms with E-state index in [1.165, 1.54) is 20.1 Å². The summed E-state index contributed by atoms with van der Waals surface area (Å²) in [7, 11) is 1.53. The van der Waals surface area contributed by atoms with Crippen LogP contribution in [0.5, 0.6) is 11.5 Å². The zero-order chi connectivity index (χ0) is 19.1. The summed E-state index contributed by atoms with van der Waals surface area (Å²) in [6.45, 7) is 3.61. The quantitative estimate of drug-likeness (QED) is 0.745. The molecule has 0 spiro atoms. The molecule has 136 valence electrons. The van der Waals surface area contributed by atoms with Gasteiger partial charge in [0.25, 0.3) is 0 Å². The molecule has 0 aromatic heterocycles. The van der Waals surface area contributed by atoms with Crippen LogP contribution in [0.2, 0.25) is 0 Å². The Kier molecular flexibility index (Phi) is 6.38. The fourth-order valence-electron chi connectivity index (χ4n) is 2.33. The van der Waals surface area contributed by atoms with Crippen LogP contribution in [-0.4, -0.2) is 24.1 Å². The van der Waals surface area contributed by atoms with Gasteiger partial charge in [0.05, 0.1) is 7.11 Å². The fourth-order valence-corrected chi connectivity index (χ4v) is 2.33. The lowest BCUT2D eigenvalue weighted by Gasteiger charge is -2.13. The van der Waals surface area contributed by atoms with E-state index in [4.69, 9.17) is 9.47 Å². The van der Waals surface area contributed by atoms with Crippen LogP contribution in [0.25, 0.3) is 6.08 Å². The highest BCUT2D eigenvalue weighted by molar-refractivity contribution is 5.96. The molecule has 0 aliphatic heterocycles. The van der Waals surface area contributed by atoms with Gasteiger partial charge < -0.3 is 19.9 Å². The molecule has 0 aliphatic rings. The summed E-state index contributed by atoms with van der Waals surface area (Å²) in [6.07, 6.45) is 1.36. The number of ether oxygens (including phenoxy) is 2. The predicted molar refractivity (Wildman–Crippen MR) is 97.9 cm³/mol. The summed E-state index contributed by atoms with van der Waals surface area (Å²) in [4.78, 5) is 22.4. The smallest absolute Gasteiger partial charge is 0.352 e. The molecule has 0 unspecified atom stereocenters. The largest absolute Gasteiger partial charge is 0.493 e. The standard InChI is InChI=1S/C20H21NO5/c1-13-6-4-5-7-16(13)12-26-19-11-15(8-9-18(19)25-3)10-17(20(23)24)21-14(2)22/h4-11H,12H2,1-3H3,(H,21,22)(H,23,24)/b17-10+. The SMILES string of the molecule is COc1ccc(/C=C(/NC(C)=O)C(=O)O)cc1OCc1ccccc1C. The van der Waals surface area contributed by atoms with Crippen LogP contribution in [0, 0.1) is 6.92 Å². The van der Waals surface area contributed by atoms with Gasteiger partial charge in [0, 0.05) is 6.92 Å². The van der Waals surface area contributed by atoms with Gasteiger partial charge in [0.15, 0.2) is 11.5 Å². The Morgan fingerprint density at radius 3 is 2.50 bits per heavy atom. The maximum absolute atomic E-state index is 11.3. The van der Waals surface area contributed by atoms with E-state index in [9.17, 15) is 14.7 Å². The number of hydrogen-bond acceptors (Lipinski definition) is 4. The van der Waals surface area contributed by atoms with Crippen LogP contribution in [0.15, 0.2) is 48.2 Å². The van der Waals surface area contributed by atoms with Gasteiger partial charge in [-0.15, -0.1) is 0 Å². The molecule has 0 bridgehead atoms. The first-order valence-electron chi connectivity index (χ1n) is 7.98. The van der Waals surface area contributed by atoms with E-state index in [0.717, 1.165) is 11.1 Å².